The van der Waals surface area contributed by atoms with E-state index in [9.17, 15) is 0 Å². The molecule has 2 heterocycles. The third-order valence-corrected chi connectivity index (χ3v) is 3.50. The van der Waals surface area contributed by atoms with Crippen LogP contribution in [0.1, 0.15) is 11.1 Å². The van der Waals surface area contributed by atoms with Crippen LogP contribution in [-0.4, -0.2) is 12.0 Å². The van der Waals surface area contributed by atoms with Crippen molar-refractivity contribution in [3.05, 3.63) is 46.6 Å². The topological polar surface area (TPSA) is 25.4 Å². The molecular formula is C14H13ClN2O. The molecule has 0 amide bonds. The summed E-state index contributed by atoms with van der Waals surface area (Å²) in [5.41, 5.74) is 3.13. The molecule has 0 fully saturated rings. The fourth-order valence-electron chi connectivity index (χ4n) is 2.16. The van der Waals surface area contributed by atoms with E-state index >= 15 is 0 Å². The zero-order valence-corrected chi connectivity index (χ0v) is 11.0. The Kier molecular flexibility index (Phi) is 2.63. The van der Waals surface area contributed by atoms with Crippen molar-refractivity contribution in [1.82, 2.24) is 4.98 Å². The van der Waals surface area contributed by atoms with Crippen molar-refractivity contribution in [3.63, 3.8) is 0 Å². The number of halogens is 1. The van der Waals surface area contributed by atoms with Gasteiger partial charge in [-0.05, 0) is 30.7 Å². The third kappa shape index (κ3) is 1.71. The van der Waals surface area contributed by atoms with Crippen LogP contribution in [0.5, 0.6) is 5.75 Å². The van der Waals surface area contributed by atoms with Gasteiger partial charge in [0.05, 0.1) is 16.3 Å². The number of rotatable bonds is 0. The van der Waals surface area contributed by atoms with Crippen LogP contribution in [0.15, 0.2) is 30.5 Å². The van der Waals surface area contributed by atoms with E-state index in [1.54, 1.807) is 12.3 Å². The van der Waals surface area contributed by atoms with E-state index in [0.717, 1.165) is 22.8 Å². The van der Waals surface area contributed by atoms with Crippen molar-refractivity contribution in [1.29, 1.82) is 0 Å². The number of ether oxygens (including phenoxy) is 1. The van der Waals surface area contributed by atoms with Gasteiger partial charge < -0.3 is 9.64 Å². The monoisotopic (exact) mass is 260 g/mol. The summed E-state index contributed by atoms with van der Waals surface area (Å²) in [4.78, 5) is 6.44. The minimum atomic E-state index is 0.447. The Morgan fingerprint density at radius 2 is 2.17 bits per heavy atom. The number of anilines is 2. The first-order chi connectivity index (χ1) is 8.66. The molecule has 2 aromatic rings. The number of hydrogen-bond acceptors (Lipinski definition) is 3. The van der Waals surface area contributed by atoms with Gasteiger partial charge in [-0.2, -0.15) is 0 Å². The van der Waals surface area contributed by atoms with Crippen LogP contribution in [0.2, 0.25) is 5.02 Å². The summed E-state index contributed by atoms with van der Waals surface area (Å²) >= 11 is 6.21. The van der Waals surface area contributed by atoms with Gasteiger partial charge in [-0.15, -0.1) is 0 Å². The average Bonchev–Trinajstić information content (AvgIpc) is 2.50. The van der Waals surface area contributed by atoms with Crippen molar-refractivity contribution in [2.24, 2.45) is 0 Å². The molecule has 0 saturated carbocycles. The fraction of sp³-hybridized carbons (Fsp3) is 0.214. The molecule has 3 nitrogen and oxygen atoms in total. The number of benzene rings is 1. The molecule has 0 saturated heterocycles. The van der Waals surface area contributed by atoms with Crippen LogP contribution in [0.4, 0.5) is 11.5 Å². The first kappa shape index (κ1) is 11.4. The summed E-state index contributed by atoms with van der Waals surface area (Å²) < 4.78 is 5.82. The molecule has 1 aliphatic rings. The maximum Gasteiger partial charge on any atom is 0.143 e. The summed E-state index contributed by atoms with van der Waals surface area (Å²) in [5.74, 6) is 1.71. The lowest BCUT2D eigenvalue weighted by Crippen LogP contribution is -2.12. The van der Waals surface area contributed by atoms with Gasteiger partial charge in [-0.1, -0.05) is 17.7 Å². The number of fused-ring (bicyclic) bond motifs is 2. The second-order valence-corrected chi connectivity index (χ2v) is 4.82. The van der Waals surface area contributed by atoms with Gasteiger partial charge in [0, 0.05) is 13.2 Å². The highest BCUT2D eigenvalue weighted by Crippen LogP contribution is 2.39. The fourth-order valence-corrected chi connectivity index (χ4v) is 2.35. The molecule has 0 atom stereocenters. The molecule has 0 unspecified atom stereocenters. The van der Waals surface area contributed by atoms with E-state index < -0.39 is 0 Å². The lowest BCUT2D eigenvalue weighted by atomic mass is 10.2. The molecule has 0 bridgehead atoms. The van der Waals surface area contributed by atoms with Crippen LogP contribution < -0.4 is 9.64 Å². The van der Waals surface area contributed by atoms with Crippen LogP contribution in [-0.2, 0) is 6.61 Å². The summed E-state index contributed by atoms with van der Waals surface area (Å²) in [6, 6.07) is 7.91. The normalized spacial score (nSPS) is 13.4. The molecule has 0 aliphatic carbocycles. The Morgan fingerprint density at radius 1 is 1.33 bits per heavy atom. The zero-order chi connectivity index (χ0) is 12.7. The van der Waals surface area contributed by atoms with Crippen molar-refractivity contribution in [2.75, 3.05) is 11.9 Å². The van der Waals surface area contributed by atoms with E-state index in [4.69, 9.17) is 16.3 Å². The minimum Gasteiger partial charge on any atom is -0.487 e. The van der Waals surface area contributed by atoms with E-state index in [1.807, 2.05) is 24.1 Å². The summed E-state index contributed by atoms with van der Waals surface area (Å²) in [5, 5.41) is 0.691. The molecule has 1 aromatic carbocycles. The Balaban J connectivity index is 2.20. The third-order valence-electron chi connectivity index (χ3n) is 3.14. The Hall–Kier alpha value is -1.74. The van der Waals surface area contributed by atoms with Gasteiger partial charge >= 0.3 is 0 Å². The van der Waals surface area contributed by atoms with E-state index in [-0.39, 0.29) is 0 Å². The molecule has 92 valence electrons. The molecule has 0 spiro atoms. The average molecular weight is 261 g/mol. The number of aryl methyl sites for hydroxylation is 1. The van der Waals surface area contributed by atoms with Crippen molar-refractivity contribution in [2.45, 2.75) is 13.5 Å². The SMILES string of the molecule is Cc1ccc2c(c1)N(C)c1nccc(Cl)c1CO2. The van der Waals surface area contributed by atoms with Crippen molar-refractivity contribution >= 4 is 23.1 Å². The van der Waals surface area contributed by atoms with Crippen molar-refractivity contribution in [3.8, 4) is 5.75 Å². The number of hydrogen-bond donors (Lipinski definition) is 0. The van der Waals surface area contributed by atoms with Gasteiger partial charge in [0.1, 0.15) is 18.2 Å². The zero-order valence-electron chi connectivity index (χ0n) is 10.3. The largest absolute Gasteiger partial charge is 0.487 e. The molecule has 4 heteroatoms. The number of aromatic nitrogens is 1. The second kappa shape index (κ2) is 4.18. The van der Waals surface area contributed by atoms with E-state index in [2.05, 4.69) is 18.0 Å². The Morgan fingerprint density at radius 3 is 3.00 bits per heavy atom. The predicted molar refractivity (Wildman–Crippen MR) is 72.8 cm³/mol. The highest BCUT2D eigenvalue weighted by Gasteiger charge is 2.21. The Bertz CT molecular complexity index is 611. The summed E-state index contributed by atoms with van der Waals surface area (Å²) in [6.07, 6.45) is 1.72. The molecule has 1 aromatic heterocycles. The standard InChI is InChI=1S/C14H13ClN2O/c1-9-3-4-13-12(7-9)17(2)14-10(8-18-13)11(15)5-6-16-14/h3-7H,8H2,1-2H3. The minimum absolute atomic E-state index is 0.447. The van der Waals surface area contributed by atoms with Crippen LogP contribution in [0, 0.1) is 6.92 Å². The quantitative estimate of drug-likeness (QED) is 0.722. The van der Waals surface area contributed by atoms with Gasteiger partial charge in [-0.3, -0.25) is 0 Å². The van der Waals surface area contributed by atoms with Crippen LogP contribution >= 0.6 is 11.6 Å². The smallest absolute Gasteiger partial charge is 0.143 e. The predicted octanol–water partition coefficient (Wildman–Crippen LogP) is 3.70. The Labute approximate surface area is 111 Å². The molecule has 3 rings (SSSR count). The highest BCUT2D eigenvalue weighted by molar-refractivity contribution is 6.31. The first-order valence-electron chi connectivity index (χ1n) is 5.77. The molecule has 0 radical (unpaired) electrons. The summed E-state index contributed by atoms with van der Waals surface area (Å²) in [6.45, 7) is 2.51. The van der Waals surface area contributed by atoms with Gasteiger partial charge in [0.15, 0.2) is 0 Å². The maximum absolute atomic E-state index is 6.21. The van der Waals surface area contributed by atoms with Crippen molar-refractivity contribution < 1.29 is 4.74 Å². The van der Waals surface area contributed by atoms with Crippen LogP contribution in [0.25, 0.3) is 0 Å². The lowest BCUT2D eigenvalue weighted by molar-refractivity contribution is 0.310. The maximum atomic E-state index is 6.21. The lowest BCUT2D eigenvalue weighted by Gasteiger charge is -2.19. The van der Waals surface area contributed by atoms with Gasteiger partial charge in [0.25, 0.3) is 0 Å². The number of pyridine rings is 1. The molecular weight excluding hydrogens is 248 g/mol. The van der Waals surface area contributed by atoms with Gasteiger partial charge in [0.2, 0.25) is 0 Å². The van der Waals surface area contributed by atoms with E-state index in [0.29, 0.717) is 11.6 Å². The number of nitrogens with zero attached hydrogens (tertiary/aromatic N) is 2. The molecule has 0 N–H and O–H groups in total. The highest BCUT2D eigenvalue weighted by atomic mass is 35.5. The first-order valence-corrected chi connectivity index (χ1v) is 6.15. The molecule has 18 heavy (non-hydrogen) atoms. The molecule has 1 aliphatic heterocycles. The van der Waals surface area contributed by atoms with Crippen LogP contribution in [0.3, 0.4) is 0 Å². The van der Waals surface area contributed by atoms with E-state index in [1.165, 1.54) is 5.56 Å². The summed E-state index contributed by atoms with van der Waals surface area (Å²) in [7, 11) is 1.98. The second-order valence-electron chi connectivity index (χ2n) is 4.41. The van der Waals surface area contributed by atoms with Gasteiger partial charge in [-0.25, -0.2) is 4.98 Å².